The molecule has 5 heteroatoms. The van der Waals surface area contributed by atoms with Crippen molar-refractivity contribution < 1.29 is 9.47 Å². The molecule has 96 valence electrons. The molecular weight excluding hydrogens is 242 g/mol. The molecule has 0 saturated carbocycles. The van der Waals surface area contributed by atoms with E-state index in [4.69, 9.17) is 20.5 Å². The number of aromatic nitrogens is 1. The summed E-state index contributed by atoms with van der Waals surface area (Å²) in [6, 6.07) is 12.3. The number of nitrogen functional groups attached to an aromatic ring is 1. The number of nitriles is 1. The first-order chi connectivity index (χ1) is 9.22. The molecule has 0 radical (unpaired) electrons. The molecular formula is C14H13N3O2. The van der Waals surface area contributed by atoms with Crippen molar-refractivity contribution in [1.82, 2.24) is 4.98 Å². The molecule has 0 spiro atoms. The van der Waals surface area contributed by atoms with Crippen molar-refractivity contribution >= 4 is 5.69 Å². The second-order valence-electron chi connectivity index (χ2n) is 3.71. The van der Waals surface area contributed by atoms with Gasteiger partial charge in [0.2, 0.25) is 5.88 Å². The molecule has 0 aliphatic rings. The Kier molecular flexibility index (Phi) is 3.84. The van der Waals surface area contributed by atoms with E-state index < -0.39 is 0 Å². The summed E-state index contributed by atoms with van der Waals surface area (Å²) in [5, 5.41) is 8.84. The van der Waals surface area contributed by atoms with Gasteiger partial charge in [0, 0.05) is 6.07 Å². The molecule has 5 nitrogen and oxygen atoms in total. The second-order valence-corrected chi connectivity index (χ2v) is 3.71. The summed E-state index contributed by atoms with van der Waals surface area (Å²) in [4.78, 5) is 4.01. The molecule has 1 aromatic carbocycles. The summed E-state index contributed by atoms with van der Waals surface area (Å²) in [5.74, 6) is 1.72. The van der Waals surface area contributed by atoms with Crippen molar-refractivity contribution in [3.05, 3.63) is 42.1 Å². The van der Waals surface area contributed by atoms with Crippen LogP contribution in [0.2, 0.25) is 0 Å². The zero-order chi connectivity index (χ0) is 13.7. The lowest BCUT2D eigenvalue weighted by Gasteiger charge is -2.07. The highest BCUT2D eigenvalue weighted by Crippen LogP contribution is 2.23. The maximum Gasteiger partial charge on any atom is 0.220 e. The average molecular weight is 255 g/mol. The van der Waals surface area contributed by atoms with Gasteiger partial charge in [-0.2, -0.15) is 5.26 Å². The fourth-order valence-electron chi connectivity index (χ4n) is 1.49. The zero-order valence-corrected chi connectivity index (χ0v) is 10.5. The van der Waals surface area contributed by atoms with E-state index in [0.29, 0.717) is 23.9 Å². The van der Waals surface area contributed by atoms with E-state index in [1.54, 1.807) is 36.4 Å². The fourth-order valence-corrected chi connectivity index (χ4v) is 1.49. The maximum absolute atomic E-state index is 8.84. The fraction of sp³-hybridized carbons (Fsp3) is 0.143. The van der Waals surface area contributed by atoms with Crippen LogP contribution >= 0.6 is 0 Å². The van der Waals surface area contributed by atoms with Gasteiger partial charge in [0.05, 0.1) is 12.3 Å². The highest BCUT2D eigenvalue weighted by Gasteiger charge is 2.04. The van der Waals surface area contributed by atoms with E-state index in [-0.39, 0.29) is 5.69 Å². The summed E-state index contributed by atoms with van der Waals surface area (Å²) in [5.41, 5.74) is 6.08. The number of rotatable bonds is 4. The van der Waals surface area contributed by atoms with Crippen LogP contribution in [0.5, 0.6) is 17.4 Å². The first-order valence-electron chi connectivity index (χ1n) is 5.80. The van der Waals surface area contributed by atoms with Crippen molar-refractivity contribution in [3.8, 4) is 23.4 Å². The molecule has 2 N–H and O–H groups in total. The summed E-state index contributed by atoms with van der Waals surface area (Å²) in [6.45, 7) is 2.54. The van der Waals surface area contributed by atoms with E-state index in [2.05, 4.69) is 4.98 Å². The van der Waals surface area contributed by atoms with E-state index >= 15 is 0 Å². The Morgan fingerprint density at radius 2 is 1.84 bits per heavy atom. The number of anilines is 1. The minimum absolute atomic E-state index is 0.156. The third kappa shape index (κ3) is 3.13. The van der Waals surface area contributed by atoms with Gasteiger partial charge in [0.15, 0.2) is 5.69 Å². The molecule has 0 aliphatic heterocycles. The monoisotopic (exact) mass is 255 g/mol. The largest absolute Gasteiger partial charge is 0.494 e. The Morgan fingerprint density at radius 3 is 2.47 bits per heavy atom. The molecule has 0 saturated heterocycles. The van der Waals surface area contributed by atoms with Crippen LogP contribution in [-0.4, -0.2) is 11.6 Å². The predicted octanol–water partition coefficient (Wildman–Crippen LogP) is 2.73. The summed E-state index contributed by atoms with van der Waals surface area (Å²) in [6.07, 6.45) is 0. The number of hydrogen-bond donors (Lipinski definition) is 1. The normalized spacial score (nSPS) is 9.68. The van der Waals surface area contributed by atoms with Crippen LogP contribution in [0.15, 0.2) is 36.4 Å². The molecule has 1 heterocycles. The highest BCUT2D eigenvalue weighted by atomic mass is 16.5. The Labute approximate surface area is 111 Å². The van der Waals surface area contributed by atoms with Crippen LogP contribution < -0.4 is 15.2 Å². The lowest BCUT2D eigenvalue weighted by Crippen LogP contribution is -1.96. The van der Waals surface area contributed by atoms with E-state index in [1.165, 1.54) is 0 Å². The molecule has 19 heavy (non-hydrogen) atoms. The molecule has 1 aromatic heterocycles. The minimum Gasteiger partial charge on any atom is -0.494 e. The van der Waals surface area contributed by atoms with Gasteiger partial charge in [-0.1, -0.05) is 0 Å². The summed E-state index contributed by atoms with van der Waals surface area (Å²) >= 11 is 0. The molecule has 0 aliphatic carbocycles. The Morgan fingerprint density at radius 1 is 1.16 bits per heavy atom. The standard InChI is InChI=1S/C14H13N3O2/c1-2-18-10-3-5-11(6-4-10)19-14-8-7-12(16)13(9-15)17-14/h3-8H,2,16H2,1H3. The Bertz CT molecular complexity index is 603. The predicted molar refractivity (Wildman–Crippen MR) is 71.0 cm³/mol. The highest BCUT2D eigenvalue weighted by molar-refractivity contribution is 5.51. The van der Waals surface area contributed by atoms with Crippen molar-refractivity contribution in [1.29, 1.82) is 5.26 Å². The molecule has 0 amide bonds. The quantitative estimate of drug-likeness (QED) is 0.908. The van der Waals surface area contributed by atoms with Gasteiger partial charge in [0.1, 0.15) is 17.6 Å². The number of benzene rings is 1. The molecule has 0 fully saturated rings. The van der Waals surface area contributed by atoms with Crippen LogP contribution in [0.4, 0.5) is 5.69 Å². The topological polar surface area (TPSA) is 81.2 Å². The molecule has 2 aromatic rings. The van der Waals surface area contributed by atoms with Crippen LogP contribution in [-0.2, 0) is 0 Å². The summed E-state index contributed by atoms with van der Waals surface area (Å²) < 4.78 is 10.9. The van der Waals surface area contributed by atoms with E-state index in [0.717, 1.165) is 5.75 Å². The van der Waals surface area contributed by atoms with Gasteiger partial charge in [-0.3, -0.25) is 0 Å². The van der Waals surface area contributed by atoms with Crippen LogP contribution in [0.1, 0.15) is 12.6 Å². The minimum atomic E-state index is 0.156. The molecule has 0 atom stereocenters. The van der Waals surface area contributed by atoms with Crippen LogP contribution in [0.25, 0.3) is 0 Å². The summed E-state index contributed by atoms with van der Waals surface area (Å²) in [7, 11) is 0. The molecule has 2 rings (SSSR count). The molecule has 0 bridgehead atoms. The third-order valence-corrected chi connectivity index (χ3v) is 2.36. The van der Waals surface area contributed by atoms with Crippen molar-refractivity contribution in [2.24, 2.45) is 0 Å². The third-order valence-electron chi connectivity index (χ3n) is 2.36. The Balaban J connectivity index is 2.15. The van der Waals surface area contributed by atoms with Crippen LogP contribution in [0, 0.1) is 11.3 Å². The average Bonchev–Trinajstić information content (AvgIpc) is 2.43. The van der Waals surface area contributed by atoms with Gasteiger partial charge in [-0.05, 0) is 37.3 Å². The number of nitrogens with two attached hydrogens (primary N) is 1. The number of nitrogens with zero attached hydrogens (tertiary/aromatic N) is 2. The lowest BCUT2D eigenvalue weighted by atomic mass is 10.3. The first kappa shape index (κ1) is 12.7. The maximum atomic E-state index is 8.84. The van der Waals surface area contributed by atoms with Gasteiger partial charge in [0.25, 0.3) is 0 Å². The first-order valence-corrected chi connectivity index (χ1v) is 5.80. The van der Waals surface area contributed by atoms with Crippen molar-refractivity contribution in [2.45, 2.75) is 6.92 Å². The Hall–Kier alpha value is -2.74. The lowest BCUT2D eigenvalue weighted by molar-refractivity contribution is 0.339. The van der Waals surface area contributed by atoms with Crippen molar-refractivity contribution in [3.63, 3.8) is 0 Å². The van der Waals surface area contributed by atoms with E-state index in [1.807, 2.05) is 13.0 Å². The number of pyridine rings is 1. The number of hydrogen-bond acceptors (Lipinski definition) is 5. The smallest absolute Gasteiger partial charge is 0.220 e. The van der Waals surface area contributed by atoms with Gasteiger partial charge in [-0.15, -0.1) is 0 Å². The SMILES string of the molecule is CCOc1ccc(Oc2ccc(N)c(C#N)n2)cc1. The van der Waals surface area contributed by atoms with Gasteiger partial charge in [-0.25, -0.2) is 4.98 Å². The van der Waals surface area contributed by atoms with Crippen molar-refractivity contribution in [2.75, 3.05) is 12.3 Å². The van der Waals surface area contributed by atoms with Crippen LogP contribution in [0.3, 0.4) is 0 Å². The zero-order valence-electron chi connectivity index (χ0n) is 10.5. The van der Waals surface area contributed by atoms with E-state index in [9.17, 15) is 0 Å². The van der Waals surface area contributed by atoms with Gasteiger partial charge >= 0.3 is 0 Å². The number of ether oxygens (including phenoxy) is 2. The molecule has 0 unspecified atom stereocenters. The van der Waals surface area contributed by atoms with Gasteiger partial charge < -0.3 is 15.2 Å². The second kappa shape index (κ2) is 5.74.